The number of rotatable bonds is 3. The van der Waals surface area contributed by atoms with Crippen molar-refractivity contribution in [1.82, 2.24) is 4.57 Å². The Morgan fingerprint density at radius 3 is 2.78 bits per heavy atom. The molecule has 0 radical (unpaired) electrons. The number of fused-ring (bicyclic) bond motifs is 1. The van der Waals surface area contributed by atoms with E-state index in [1.54, 1.807) is 6.92 Å². The van der Waals surface area contributed by atoms with Gasteiger partial charge in [-0.15, -0.1) is 0 Å². The van der Waals surface area contributed by atoms with Crippen LogP contribution in [0.2, 0.25) is 0 Å². The molecule has 0 fully saturated rings. The van der Waals surface area contributed by atoms with E-state index in [1.807, 2.05) is 18.2 Å². The lowest BCUT2D eigenvalue weighted by Crippen LogP contribution is -2.32. The second-order valence-corrected chi connectivity index (χ2v) is 4.58. The molecular weight excluding hydrogens is 226 g/mol. The molecule has 4 nitrogen and oxygen atoms in total. The Kier molecular flexibility index (Phi) is 3.39. The summed E-state index contributed by atoms with van der Waals surface area (Å²) in [5.41, 5.74) is 8.73. The number of carbonyl (C=O) groups is 1. The summed E-state index contributed by atoms with van der Waals surface area (Å²) in [6.07, 6.45) is 0. The second kappa shape index (κ2) is 4.82. The topological polar surface area (TPSA) is 60.0 Å². The van der Waals surface area contributed by atoms with Gasteiger partial charge in [0.05, 0.1) is 6.04 Å². The maximum Gasteiger partial charge on any atom is 0.240 e. The number of aryl methyl sites for hydroxylation is 2. The molecule has 2 aromatic rings. The maximum atomic E-state index is 11.5. The minimum absolute atomic E-state index is 0.166. The number of amides is 1. The molecule has 0 spiro atoms. The monoisotopic (exact) mass is 245 g/mol. The van der Waals surface area contributed by atoms with E-state index in [4.69, 9.17) is 5.73 Å². The van der Waals surface area contributed by atoms with Crippen LogP contribution in [0.1, 0.15) is 19.5 Å². The predicted octanol–water partition coefficient (Wildman–Crippen LogP) is 2.26. The molecule has 4 heteroatoms. The summed E-state index contributed by atoms with van der Waals surface area (Å²) in [5, 5.41) is 3.94. The molecule has 1 amide bonds. The van der Waals surface area contributed by atoms with Crippen molar-refractivity contribution in [2.24, 2.45) is 5.73 Å². The van der Waals surface area contributed by atoms with Crippen LogP contribution in [0.5, 0.6) is 0 Å². The molecule has 0 saturated carbocycles. The zero-order valence-electron chi connectivity index (χ0n) is 11.0. The highest BCUT2D eigenvalue weighted by Gasteiger charge is 2.09. The molecule has 18 heavy (non-hydrogen) atoms. The fourth-order valence-electron chi connectivity index (χ4n) is 2.16. The van der Waals surface area contributed by atoms with E-state index >= 15 is 0 Å². The molecule has 1 heterocycles. The number of aromatic nitrogens is 1. The van der Waals surface area contributed by atoms with Crippen molar-refractivity contribution in [2.75, 3.05) is 5.32 Å². The quantitative estimate of drug-likeness (QED) is 0.871. The number of anilines is 1. The van der Waals surface area contributed by atoms with Gasteiger partial charge in [-0.1, -0.05) is 0 Å². The number of nitrogens with one attached hydrogen (secondary N) is 1. The first-order chi connectivity index (χ1) is 8.52. The Balaban J connectivity index is 2.36. The molecule has 1 aromatic heterocycles. The van der Waals surface area contributed by atoms with Gasteiger partial charge < -0.3 is 15.6 Å². The fraction of sp³-hybridized carbons (Fsp3) is 0.357. The van der Waals surface area contributed by atoms with E-state index in [0.717, 1.165) is 17.6 Å². The van der Waals surface area contributed by atoms with Gasteiger partial charge in [0.25, 0.3) is 0 Å². The Labute approximate surface area is 107 Å². The third-order valence-corrected chi connectivity index (χ3v) is 3.11. The molecule has 1 aromatic carbocycles. The summed E-state index contributed by atoms with van der Waals surface area (Å²) in [6, 6.07) is 7.55. The number of nitrogens with zero attached hydrogens (tertiary/aromatic N) is 1. The SMILES string of the molecule is CCn1c(C)cc2cc(NC(=O)C(C)N)ccc21. The Bertz CT molecular complexity index is 584. The van der Waals surface area contributed by atoms with Crippen molar-refractivity contribution >= 4 is 22.5 Å². The highest BCUT2D eigenvalue weighted by molar-refractivity contribution is 5.96. The standard InChI is InChI=1S/C14H19N3O/c1-4-17-9(2)7-11-8-12(5-6-13(11)17)16-14(18)10(3)15/h5-8,10H,4,15H2,1-3H3,(H,16,18). The third-order valence-electron chi connectivity index (χ3n) is 3.11. The van der Waals surface area contributed by atoms with Gasteiger partial charge in [-0.25, -0.2) is 0 Å². The van der Waals surface area contributed by atoms with Crippen molar-refractivity contribution in [3.05, 3.63) is 30.0 Å². The normalized spacial score (nSPS) is 12.7. The summed E-state index contributed by atoms with van der Waals surface area (Å²) >= 11 is 0. The molecule has 2 rings (SSSR count). The van der Waals surface area contributed by atoms with Crippen LogP contribution in [-0.2, 0) is 11.3 Å². The molecule has 0 bridgehead atoms. The number of nitrogens with two attached hydrogens (primary N) is 1. The van der Waals surface area contributed by atoms with E-state index in [-0.39, 0.29) is 5.91 Å². The molecular formula is C14H19N3O. The second-order valence-electron chi connectivity index (χ2n) is 4.58. The van der Waals surface area contributed by atoms with Crippen molar-refractivity contribution in [3.8, 4) is 0 Å². The smallest absolute Gasteiger partial charge is 0.240 e. The summed E-state index contributed by atoms with van der Waals surface area (Å²) in [4.78, 5) is 11.5. The summed E-state index contributed by atoms with van der Waals surface area (Å²) in [5.74, 6) is -0.166. The van der Waals surface area contributed by atoms with E-state index in [9.17, 15) is 4.79 Å². The lowest BCUT2D eigenvalue weighted by Gasteiger charge is -2.08. The lowest BCUT2D eigenvalue weighted by molar-refractivity contribution is -0.117. The van der Waals surface area contributed by atoms with E-state index in [0.29, 0.717) is 0 Å². The minimum Gasteiger partial charge on any atom is -0.345 e. The summed E-state index contributed by atoms with van der Waals surface area (Å²) in [7, 11) is 0. The van der Waals surface area contributed by atoms with Crippen molar-refractivity contribution < 1.29 is 4.79 Å². The van der Waals surface area contributed by atoms with Crippen molar-refractivity contribution in [2.45, 2.75) is 33.4 Å². The third kappa shape index (κ3) is 2.24. The van der Waals surface area contributed by atoms with Crippen molar-refractivity contribution in [1.29, 1.82) is 0 Å². The van der Waals surface area contributed by atoms with Crippen LogP contribution in [-0.4, -0.2) is 16.5 Å². The highest BCUT2D eigenvalue weighted by Crippen LogP contribution is 2.23. The Hall–Kier alpha value is -1.81. The van der Waals surface area contributed by atoms with Gasteiger partial charge in [-0.2, -0.15) is 0 Å². The lowest BCUT2D eigenvalue weighted by atomic mass is 10.2. The molecule has 0 aliphatic heterocycles. The zero-order chi connectivity index (χ0) is 13.3. The van der Waals surface area contributed by atoms with Gasteiger partial charge in [0, 0.05) is 28.8 Å². The average molecular weight is 245 g/mol. The highest BCUT2D eigenvalue weighted by atomic mass is 16.2. The van der Waals surface area contributed by atoms with Gasteiger partial charge in [0.2, 0.25) is 5.91 Å². The van der Waals surface area contributed by atoms with Gasteiger partial charge in [0.15, 0.2) is 0 Å². The number of hydrogen-bond acceptors (Lipinski definition) is 2. The Morgan fingerprint density at radius 1 is 1.44 bits per heavy atom. The van der Waals surface area contributed by atoms with Crippen LogP contribution in [0.3, 0.4) is 0 Å². The fourth-order valence-corrected chi connectivity index (χ4v) is 2.16. The first-order valence-corrected chi connectivity index (χ1v) is 6.19. The van der Waals surface area contributed by atoms with Crippen molar-refractivity contribution in [3.63, 3.8) is 0 Å². The number of hydrogen-bond donors (Lipinski definition) is 2. The average Bonchev–Trinajstić information content (AvgIpc) is 2.63. The van der Waals surface area contributed by atoms with Crippen LogP contribution in [0, 0.1) is 6.92 Å². The minimum atomic E-state index is -0.498. The molecule has 96 valence electrons. The van der Waals surface area contributed by atoms with Crippen LogP contribution in [0.15, 0.2) is 24.3 Å². The maximum absolute atomic E-state index is 11.5. The molecule has 0 aliphatic rings. The molecule has 1 atom stereocenters. The zero-order valence-corrected chi connectivity index (χ0v) is 11.0. The van der Waals surface area contributed by atoms with Gasteiger partial charge >= 0.3 is 0 Å². The first-order valence-electron chi connectivity index (χ1n) is 6.19. The Morgan fingerprint density at radius 2 is 2.17 bits per heavy atom. The van der Waals surface area contributed by atoms with Crippen LogP contribution >= 0.6 is 0 Å². The van der Waals surface area contributed by atoms with Gasteiger partial charge in [0.1, 0.15) is 0 Å². The molecule has 0 aliphatic carbocycles. The van der Waals surface area contributed by atoms with Gasteiger partial charge in [-0.05, 0) is 45.0 Å². The largest absolute Gasteiger partial charge is 0.345 e. The first kappa shape index (κ1) is 12.6. The van der Waals surface area contributed by atoms with E-state index in [2.05, 4.69) is 29.8 Å². The van der Waals surface area contributed by atoms with Crippen LogP contribution in [0.25, 0.3) is 10.9 Å². The van der Waals surface area contributed by atoms with Crippen LogP contribution < -0.4 is 11.1 Å². The summed E-state index contributed by atoms with van der Waals surface area (Å²) in [6.45, 7) is 6.83. The molecule has 3 N–H and O–H groups in total. The van der Waals surface area contributed by atoms with Gasteiger partial charge in [-0.3, -0.25) is 4.79 Å². The molecule has 1 unspecified atom stereocenters. The number of carbonyl (C=O) groups excluding carboxylic acids is 1. The predicted molar refractivity (Wildman–Crippen MR) is 74.6 cm³/mol. The van der Waals surface area contributed by atoms with Crippen LogP contribution in [0.4, 0.5) is 5.69 Å². The summed E-state index contributed by atoms with van der Waals surface area (Å²) < 4.78 is 2.24. The number of benzene rings is 1. The van der Waals surface area contributed by atoms with E-state index < -0.39 is 6.04 Å². The molecule has 0 saturated heterocycles. The van der Waals surface area contributed by atoms with E-state index in [1.165, 1.54) is 11.2 Å².